The molecule has 0 bridgehead atoms. The smallest absolute Gasteiger partial charge is 0.275 e. The topological polar surface area (TPSA) is 54.4 Å². The van der Waals surface area contributed by atoms with Gasteiger partial charge < -0.3 is 5.32 Å². The molecular weight excluding hydrogens is 262 g/mol. The summed E-state index contributed by atoms with van der Waals surface area (Å²) in [4.78, 5) is 20.8. The summed E-state index contributed by atoms with van der Waals surface area (Å²) in [6, 6.07) is 15.3. The molecule has 1 aliphatic heterocycles. The summed E-state index contributed by atoms with van der Waals surface area (Å²) in [6.07, 6.45) is 3.52. The highest BCUT2D eigenvalue weighted by atomic mass is 16.2. The van der Waals surface area contributed by atoms with E-state index in [0.717, 1.165) is 27.7 Å². The van der Waals surface area contributed by atoms with Crippen molar-refractivity contribution in [3.8, 4) is 0 Å². The number of fused-ring (bicyclic) bond motifs is 2. The average molecular weight is 273 g/mol. The third-order valence-electron chi connectivity index (χ3n) is 3.54. The van der Waals surface area contributed by atoms with Crippen LogP contribution in [0, 0.1) is 0 Å². The van der Waals surface area contributed by atoms with Gasteiger partial charge in [0, 0.05) is 28.7 Å². The van der Waals surface area contributed by atoms with E-state index in [9.17, 15) is 4.79 Å². The Morgan fingerprint density at radius 3 is 2.86 bits per heavy atom. The molecule has 0 unspecified atom stereocenters. The Kier molecular flexibility index (Phi) is 2.54. The van der Waals surface area contributed by atoms with Crippen LogP contribution in [0.3, 0.4) is 0 Å². The third-order valence-corrected chi connectivity index (χ3v) is 3.54. The SMILES string of the molecule is O=C1Nc2ccccc2C1=Nc1cccc2cnccc12. The highest BCUT2D eigenvalue weighted by Crippen LogP contribution is 2.29. The highest BCUT2D eigenvalue weighted by molar-refractivity contribution is 6.54. The fraction of sp³-hybridized carbons (Fsp3) is 0. The molecule has 0 fully saturated rings. The molecule has 1 aromatic heterocycles. The van der Waals surface area contributed by atoms with Crippen molar-refractivity contribution in [1.29, 1.82) is 0 Å². The number of nitrogens with zero attached hydrogens (tertiary/aromatic N) is 2. The summed E-state index contributed by atoms with van der Waals surface area (Å²) >= 11 is 0. The molecule has 3 aromatic rings. The van der Waals surface area contributed by atoms with Crippen molar-refractivity contribution >= 4 is 33.8 Å². The summed E-state index contributed by atoms with van der Waals surface area (Å²) in [5, 5.41) is 4.82. The van der Waals surface area contributed by atoms with Gasteiger partial charge in [-0.15, -0.1) is 0 Å². The number of carbonyl (C=O) groups is 1. The van der Waals surface area contributed by atoms with Crippen LogP contribution in [-0.4, -0.2) is 16.6 Å². The Labute approximate surface area is 121 Å². The number of nitrogens with one attached hydrogen (secondary N) is 1. The molecule has 100 valence electrons. The van der Waals surface area contributed by atoms with Crippen molar-refractivity contribution in [2.75, 3.05) is 5.32 Å². The minimum atomic E-state index is -0.165. The second-order valence-corrected chi connectivity index (χ2v) is 4.83. The molecule has 4 heteroatoms. The average Bonchev–Trinajstić information content (AvgIpc) is 2.84. The summed E-state index contributed by atoms with van der Waals surface area (Å²) in [5.41, 5.74) is 2.88. The van der Waals surface area contributed by atoms with Crippen LogP contribution in [0.1, 0.15) is 5.56 Å². The van der Waals surface area contributed by atoms with Crippen LogP contribution in [0.2, 0.25) is 0 Å². The molecule has 0 saturated heterocycles. The van der Waals surface area contributed by atoms with Gasteiger partial charge in [0.05, 0.1) is 11.4 Å². The minimum Gasteiger partial charge on any atom is -0.320 e. The maximum absolute atomic E-state index is 12.1. The Morgan fingerprint density at radius 2 is 1.90 bits per heavy atom. The lowest BCUT2D eigenvalue weighted by atomic mass is 10.1. The van der Waals surface area contributed by atoms with Gasteiger partial charge in [-0.1, -0.05) is 30.3 Å². The first kappa shape index (κ1) is 11.8. The van der Waals surface area contributed by atoms with E-state index >= 15 is 0 Å². The van der Waals surface area contributed by atoms with Crippen LogP contribution in [0.25, 0.3) is 10.8 Å². The molecule has 1 N–H and O–H groups in total. The number of aliphatic imine (C=N–C) groups is 1. The number of benzene rings is 2. The molecule has 0 spiro atoms. The standard InChI is InChI=1S/C17H11N3O/c21-17-16(13-5-1-2-6-15(13)20-17)19-14-7-3-4-11-10-18-9-8-12(11)14/h1-10H,(H,19,20,21). The molecule has 4 nitrogen and oxygen atoms in total. The molecule has 4 rings (SSSR count). The van der Waals surface area contributed by atoms with E-state index in [2.05, 4.69) is 15.3 Å². The first-order valence-corrected chi connectivity index (χ1v) is 6.65. The molecular formula is C17H11N3O. The first-order chi connectivity index (χ1) is 10.3. The summed E-state index contributed by atoms with van der Waals surface area (Å²) in [5.74, 6) is -0.165. The van der Waals surface area contributed by atoms with Crippen molar-refractivity contribution in [3.05, 3.63) is 66.5 Å². The monoisotopic (exact) mass is 273 g/mol. The molecule has 21 heavy (non-hydrogen) atoms. The lowest BCUT2D eigenvalue weighted by Crippen LogP contribution is -2.13. The molecule has 2 aromatic carbocycles. The third kappa shape index (κ3) is 1.89. The molecule has 0 saturated carbocycles. The van der Waals surface area contributed by atoms with Gasteiger partial charge in [0.25, 0.3) is 5.91 Å². The summed E-state index contributed by atoms with van der Waals surface area (Å²) in [6.45, 7) is 0. The number of rotatable bonds is 1. The first-order valence-electron chi connectivity index (χ1n) is 6.65. The van der Waals surface area contributed by atoms with Crippen LogP contribution >= 0.6 is 0 Å². The van der Waals surface area contributed by atoms with Gasteiger partial charge in [-0.3, -0.25) is 9.78 Å². The number of hydrogen-bond acceptors (Lipinski definition) is 3. The fourth-order valence-corrected chi connectivity index (χ4v) is 2.54. The number of aromatic nitrogens is 1. The van der Waals surface area contributed by atoms with Gasteiger partial charge in [-0.05, 0) is 18.2 Å². The second-order valence-electron chi connectivity index (χ2n) is 4.83. The quantitative estimate of drug-likeness (QED) is 0.739. The van der Waals surface area contributed by atoms with E-state index in [1.54, 1.807) is 12.4 Å². The number of pyridine rings is 1. The Morgan fingerprint density at radius 1 is 1.00 bits per heavy atom. The van der Waals surface area contributed by atoms with Gasteiger partial charge in [-0.2, -0.15) is 0 Å². The van der Waals surface area contributed by atoms with E-state index in [-0.39, 0.29) is 5.91 Å². The van der Waals surface area contributed by atoms with Gasteiger partial charge >= 0.3 is 0 Å². The number of hydrogen-bond donors (Lipinski definition) is 1. The van der Waals surface area contributed by atoms with E-state index < -0.39 is 0 Å². The lowest BCUT2D eigenvalue weighted by molar-refractivity contribution is -0.110. The van der Waals surface area contributed by atoms with Crippen LogP contribution in [0.15, 0.2) is 65.9 Å². The van der Waals surface area contributed by atoms with Gasteiger partial charge in [0.2, 0.25) is 0 Å². The minimum absolute atomic E-state index is 0.165. The predicted octanol–water partition coefficient (Wildman–Crippen LogP) is 3.31. The highest BCUT2D eigenvalue weighted by Gasteiger charge is 2.25. The van der Waals surface area contributed by atoms with Crippen molar-refractivity contribution in [3.63, 3.8) is 0 Å². The van der Waals surface area contributed by atoms with E-state index in [1.807, 2.05) is 48.5 Å². The van der Waals surface area contributed by atoms with Crippen molar-refractivity contribution < 1.29 is 4.79 Å². The Bertz CT molecular complexity index is 894. The number of carbonyl (C=O) groups excluding carboxylic acids is 1. The molecule has 0 atom stereocenters. The zero-order valence-corrected chi connectivity index (χ0v) is 11.1. The largest absolute Gasteiger partial charge is 0.320 e. The van der Waals surface area contributed by atoms with Crippen LogP contribution in [0.5, 0.6) is 0 Å². The van der Waals surface area contributed by atoms with E-state index in [0.29, 0.717) is 5.71 Å². The molecule has 0 radical (unpaired) electrons. The number of anilines is 1. The molecule has 1 amide bonds. The number of para-hydroxylation sites is 1. The lowest BCUT2D eigenvalue weighted by Gasteiger charge is -2.02. The van der Waals surface area contributed by atoms with Gasteiger partial charge in [0.15, 0.2) is 0 Å². The van der Waals surface area contributed by atoms with Crippen molar-refractivity contribution in [1.82, 2.24) is 4.98 Å². The van der Waals surface area contributed by atoms with Gasteiger partial charge in [-0.25, -0.2) is 4.99 Å². The van der Waals surface area contributed by atoms with Crippen LogP contribution in [-0.2, 0) is 4.79 Å². The molecule has 2 heterocycles. The van der Waals surface area contributed by atoms with Crippen LogP contribution < -0.4 is 5.32 Å². The molecule has 0 aliphatic carbocycles. The van der Waals surface area contributed by atoms with Gasteiger partial charge in [0.1, 0.15) is 5.71 Å². The van der Waals surface area contributed by atoms with Crippen LogP contribution in [0.4, 0.5) is 11.4 Å². The fourth-order valence-electron chi connectivity index (χ4n) is 2.54. The zero-order valence-electron chi connectivity index (χ0n) is 11.1. The summed E-state index contributed by atoms with van der Waals surface area (Å²) < 4.78 is 0. The van der Waals surface area contributed by atoms with Crippen molar-refractivity contribution in [2.24, 2.45) is 4.99 Å². The zero-order chi connectivity index (χ0) is 14.2. The van der Waals surface area contributed by atoms with Crippen molar-refractivity contribution in [2.45, 2.75) is 0 Å². The number of amides is 1. The molecule has 1 aliphatic rings. The Balaban J connectivity index is 1.93. The summed E-state index contributed by atoms with van der Waals surface area (Å²) in [7, 11) is 0. The van der Waals surface area contributed by atoms with E-state index in [4.69, 9.17) is 0 Å². The van der Waals surface area contributed by atoms with E-state index in [1.165, 1.54) is 0 Å². The normalized spacial score (nSPS) is 15.2. The maximum atomic E-state index is 12.1. The maximum Gasteiger partial charge on any atom is 0.275 e. The predicted molar refractivity (Wildman–Crippen MR) is 83.0 cm³/mol. The Hall–Kier alpha value is -3.01. The second kappa shape index (κ2) is 4.52.